The number of carbonyl (C=O) groups is 1. The van der Waals surface area contributed by atoms with Crippen LogP contribution in [0.15, 0.2) is 0 Å². The molecule has 0 amide bonds. The van der Waals surface area contributed by atoms with Gasteiger partial charge in [-0.25, -0.2) is 0 Å². The van der Waals surface area contributed by atoms with E-state index < -0.39 is 0 Å². The van der Waals surface area contributed by atoms with Gasteiger partial charge >= 0.3 is 5.97 Å². The zero-order valence-corrected chi connectivity index (χ0v) is 8.98. The van der Waals surface area contributed by atoms with E-state index in [4.69, 9.17) is 4.74 Å². The second kappa shape index (κ2) is 3.14. The van der Waals surface area contributed by atoms with Crippen LogP contribution < -0.4 is 5.32 Å². The molecule has 1 aliphatic carbocycles. The van der Waals surface area contributed by atoms with Crippen LogP contribution in [0.1, 0.15) is 13.8 Å². The maximum atomic E-state index is 11.3. The van der Waals surface area contributed by atoms with Crippen molar-refractivity contribution in [3.05, 3.63) is 0 Å². The highest BCUT2D eigenvalue weighted by Crippen LogP contribution is 2.62. The monoisotopic (exact) mass is 205 g/mol. The van der Waals surface area contributed by atoms with Crippen molar-refractivity contribution in [1.29, 1.82) is 0 Å². The number of piperidine rings is 1. The number of halogens is 1. The van der Waals surface area contributed by atoms with E-state index in [1.54, 1.807) is 0 Å². The highest BCUT2D eigenvalue weighted by atomic mass is 35.5. The van der Waals surface area contributed by atoms with Gasteiger partial charge in [-0.1, -0.05) is 13.8 Å². The van der Waals surface area contributed by atoms with E-state index in [-0.39, 0.29) is 24.4 Å². The Bertz CT molecular complexity index is 230. The number of rotatable bonds is 1. The molecule has 13 heavy (non-hydrogen) atoms. The minimum Gasteiger partial charge on any atom is -0.468 e. The summed E-state index contributed by atoms with van der Waals surface area (Å²) >= 11 is 0. The van der Waals surface area contributed by atoms with E-state index >= 15 is 0 Å². The van der Waals surface area contributed by atoms with Crippen LogP contribution >= 0.6 is 12.4 Å². The largest absolute Gasteiger partial charge is 0.468 e. The Labute approximate surface area is 84.6 Å². The summed E-state index contributed by atoms with van der Waals surface area (Å²) in [4.78, 5) is 11.3. The SMILES string of the molecule is COC(=O)C1NC[C@H]2C1C2(C)C.Cl. The summed E-state index contributed by atoms with van der Waals surface area (Å²) in [6.07, 6.45) is 0. The van der Waals surface area contributed by atoms with Crippen molar-refractivity contribution in [3.8, 4) is 0 Å². The molecule has 0 aromatic carbocycles. The van der Waals surface area contributed by atoms with Gasteiger partial charge in [0, 0.05) is 0 Å². The van der Waals surface area contributed by atoms with E-state index in [9.17, 15) is 4.79 Å². The van der Waals surface area contributed by atoms with Gasteiger partial charge in [-0.3, -0.25) is 4.79 Å². The van der Waals surface area contributed by atoms with Crippen LogP contribution in [0.3, 0.4) is 0 Å². The van der Waals surface area contributed by atoms with Gasteiger partial charge in [-0.05, 0) is 23.8 Å². The van der Waals surface area contributed by atoms with Crippen molar-refractivity contribution in [2.45, 2.75) is 19.9 Å². The van der Waals surface area contributed by atoms with Crippen molar-refractivity contribution >= 4 is 18.4 Å². The molecule has 3 nitrogen and oxygen atoms in total. The molecule has 0 aromatic rings. The number of hydrogen-bond acceptors (Lipinski definition) is 3. The molecule has 0 bridgehead atoms. The molecule has 1 saturated carbocycles. The van der Waals surface area contributed by atoms with Crippen LogP contribution in [0, 0.1) is 17.3 Å². The van der Waals surface area contributed by atoms with Gasteiger partial charge in [0.2, 0.25) is 0 Å². The average Bonchev–Trinajstić information content (AvgIpc) is 2.52. The summed E-state index contributed by atoms with van der Waals surface area (Å²) in [7, 11) is 1.45. The van der Waals surface area contributed by atoms with Crippen LogP contribution in [0.4, 0.5) is 0 Å². The summed E-state index contributed by atoms with van der Waals surface area (Å²) in [5.74, 6) is 1.08. The molecule has 76 valence electrons. The topological polar surface area (TPSA) is 38.3 Å². The highest BCUT2D eigenvalue weighted by molar-refractivity contribution is 5.85. The lowest BCUT2D eigenvalue weighted by molar-refractivity contribution is -0.143. The Morgan fingerprint density at radius 1 is 1.54 bits per heavy atom. The Morgan fingerprint density at radius 2 is 2.15 bits per heavy atom. The molecule has 4 heteroatoms. The van der Waals surface area contributed by atoms with Crippen molar-refractivity contribution < 1.29 is 9.53 Å². The molecule has 0 radical (unpaired) electrons. The van der Waals surface area contributed by atoms with Gasteiger partial charge in [-0.2, -0.15) is 0 Å². The fourth-order valence-corrected chi connectivity index (χ4v) is 2.58. The van der Waals surface area contributed by atoms with Gasteiger partial charge in [0.15, 0.2) is 0 Å². The fourth-order valence-electron chi connectivity index (χ4n) is 2.58. The molecule has 1 N–H and O–H groups in total. The first kappa shape index (κ1) is 10.8. The summed E-state index contributed by atoms with van der Waals surface area (Å²) in [6, 6.07) is -0.0463. The predicted molar refractivity (Wildman–Crippen MR) is 51.8 cm³/mol. The number of carbonyl (C=O) groups excluding carboxylic acids is 1. The third-order valence-corrected chi connectivity index (χ3v) is 3.51. The first-order valence-electron chi connectivity index (χ1n) is 4.40. The Morgan fingerprint density at radius 3 is 2.54 bits per heavy atom. The maximum Gasteiger partial charge on any atom is 0.323 e. The third-order valence-electron chi connectivity index (χ3n) is 3.51. The van der Waals surface area contributed by atoms with Crippen LogP contribution in [0.5, 0.6) is 0 Å². The molecule has 2 rings (SSSR count). The fraction of sp³-hybridized carbons (Fsp3) is 0.889. The minimum absolute atomic E-state index is 0. The minimum atomic E-state index is -0.104. The van der Waals surface area contributed by atoms with Crippen molar-refractivity contribution in [3.63, 3.8) is 0 Å². The summed E-state index contributed by atoms with van der Waals surface area (Å²) in [5.41, 5.74) is 0.351. The van der Waals surface area contributed by atoms with Crippen LogP contribution in [-0.4, -0.2) is 25.7 Å². The van der Waals surface area contributed by atoms with Gasteiger partial charge in [-0.15, -0.1) is 12.4 Å². The van der Waals surface area contributed by atoms with E-state index in [1.807, 2.05) is 0 Å². The van der Waals surface area contributed by atoms with Crippen LogP contribution in [0.25, 0.3) is 0 Å². The Hall–Kier alpha value is -0.280. The summed E-state index contributed by atoms with van der Waals surface area (Å²) in [6.45, 7) is 5.41. The van der Waals surface area contributed by atoms with E-state index in [2.05, 4.69) is 19.2 Å². The van der Waals surface area contributed by atoms with Crippen molar-refractivity contribution in [2.75, 3.05) is 13.7 Å². The third kappa shape index (κ3) is 1.34. The van der Waals surface area contributed by atoms with Gasteiger partial charge in [0.25, 0.3) is 0 Å². The Kier molecular flexibility index (Phi) is 2.61. The molecule has 1 heterocycles. The molecule has 1 saturated heterocycles. The molecule has 2 fully saturated rings. The van der Waals surface area contributed by atoms with Crippen molar-refractivity contribution in [1.82, 2.24) is 5.32 Å². The van der Waals surface area contributed by atoms with E-state index in [0.29, 0.717) is 17.3 Å². The lowest BCUT2D eigenvalue weighted by atomic mass is 10.0. The second-order valence-electron chi connectivity index (χ2n) is 4.36. The molecular weight excluding hydrogens is 190 g/mol. The lowest BCUT2D eigenvalue weighted by Gasteiger charge is -2.16. The smallest absolute Gasteiger partial charge is 0.323 e. The van der Waals surface area contributed by atoms with Gasteiger partial charge in [0.05, 0.1) is 7.11 Å². The average molecular weight is 206 g/mol. The number of methoxy groups -OCH3 is 1. The van der Waals surface area contributed by atoms with Gasteiger partial charge < -0.3 is 10.1 Å². The number of esters is 1. The van der Waals surface area contributed by atoms with E-state index in [0.717, 1.165) is 6.54 Å². The molecule has 0 spiro atoms. The predicted octanol–water partition coefficient (Wildman–Crippen LogP) is 0.825. The molecule has 2 unspecified atom stereocenters. The zero-order chi connectivity index (χ0) is 8.93. The maximum absolute atomic E-state index is 11.3. The summed E-state index contributed by atoms with van der Waals surface area (Å²) < 4.78 is 4.72. The number of nitrogens with one attached hydrogen (secondary N) is 1. The van der Waals surface area contributed by atoms with Gasteiger partial charge in [0.1, 0.15) is 6.04 Å². The molecule has 2 aliphatic rings. The second-order valence-corrected chi connectivity index (χ2v) is 4.36. The normalized spacial score (nSPS) is 38.8. The van der Waals surface area contributed by atoms with E-state index in [1.165, 1.54) is 7.11 Å². The standard InChI is InChI=1S/C9H15NO2.ClH/c1-9(2)5-4-10-7(6(5)9)8(11)12-3;/h5-7,10H,4H2,1-3H3;1H/t5-,6?,7?;/m0./s1. The first-order valence-corrected chi connectivity index (χ1v) is 4.40. The van der Waals surface area contributed by atoms with Crippen molar-refractivity contribution in [2.24, 2.45) is 17.3 Å². The molecule has 0 aromatic heterocycles. The Balaban J connectivity index is 0.000000845. The quantitative estimate of drug-likeness (QED) is 0.645. The molecular formula is C9H16ClNO2. The highest BCUT2D eigenvalue weighted by Gasteiger charge is 2.66. The molecule has 1 aliphatic heterocycles. The van der Waals surface area contributed by atoms with Crippen LogP contribution in [-0.2, 0) is 9.53 Å². The number of ether oxygens (including phenoxy) is 1. The number of fused-ring (bicyclic) bond motifs is 1. The summed E-state index contributed by atoms with van der Waals surface area (Å²) in [5, 5.41) is 3.19. The molecule has 3 atom stereocenters. The zero-order valence-electron chi connectivity index (χ0n) is 8.16. The first-order chi connectivity index (χ1) is 5.59. The van der Waals surface area contributed by atoms with Crippen LogP contribution in [0.2, 0.25) is 0 Å². The lowest BCUT2D eigenvalue weighted by Crippen LogP contribution is -2.38. The number of hydrogen-bond donors (Lipinski definition) is 1.